The first-order valence-electron chi connectivity index (χ1n) is 13.1. The van der Waals surface area contributed by atoms with Gasteiger partial charge in [-0.1, -0.05) is 0 Å². The van der Waals surface area contributed by atoms with E-state index in [0.29, 0.717) is 49.0 Å². The number of ether oxygens (including phenoxy) is 2. The Labute approximate surface area is 248 Å². The van der Waals surface area contributed by atoms with Crippen LogP contribution in [0.4, 0.5) is 22.7 Å². The third-order valence-electron chi connectivity index (χ3n) is 6.38. The van der Waals surface area contributed by atoms with E-state index in [1.54, 1.807) is 18.2 Å². The number of nitrogens with zero attached hydrogens (tertiary/aromatic N) is 4. The predicted octanol–water partition coefficient (Wildman–Crippen LogP) is 2.74. The second-order valence-electron chi connectivity index (χ2n) is 9.31. The van der Waals surface area contributed by atoms with Gasteiger partial charge in [0.25, 0.3) is 21.6 Å². The Kier molecular flexibility index (Phi) is 9.90. The molecule has 2 N–H and O–H groups in total. The maximum atomic E-state index is 13.7. The summed E-state index contributed by atoms with van der Waals surface area (Å²) in [5.41, 5.74) is 3.86. The number of carbonyl (C=O) groups excluding carboxylic acids is 2. The van der Waals surface area contributed by atoms with Crippen LogP contribution in [0.3, 0.4) is 0 Å². The lowest BCUT2D eigenvalue weighted by Crippen LogP contribution is -2.39. The minimum Gasteiger partial charge on any atom is -0.497 e. The van der Waals surface area contributed by atoms with Crippen molar-refractivity contribution in [2.75, 3.05) is 54.5 Å². The molecule has 43 heavy (non-hydrogen) atoms. The zero-order valence-electron chi connectivity index (χ0n) is 23.4. The normalized spacial score (nSPS) is 13.4. The summed E-state index contributed by atoms with van der Waals surface area (Å²) in [6.07, 6.45) is 1.28. The Balaban J connectivity index is 1.58. The van der Waals surface area contributed by atoms with E-state index in [-0.39, 0.29) is 22.2 Å². The molecule has 0 aromatic heterocycles. The number of carbonyl (C=O) groups is 2. The first-order chi connectivity index (χ1) is 20.6. The number of methoxy groups -OCH3 is 1. The number of rotatable bonds is 11. The highest BCUT2D eigenvalue weighted by atomic mass is 32.2. The van der Waals surface area contributed by atoms with E-state index in [0.717, 1.165) is 4.31 Å². The summed E-state index contributed by atoms with van der Waals surface area (Å²) in [6.45, 7) is 2.84. The topological polar surface area (TPSA) is 173 Å². The van der Waals surface area contributed by atoms with E-state index >= 15 is 0 Å². The molecule has 1 heterocycles. The Morgan fingerprint density at radius 1 is 1.09 bits per heavy atom. The van der Waals surface area contributed by atoms with Crippen LogP contribution in [0.5, 0.6) is 5.75 Å². The zero-order valence-corrected chi connectivity index (χ0v) is 24.2. The van der Waals surface area contributed by atoms with Crippen LogP contribution in [-0.2, 0) is 24.3 Å². The fraction of sp³-hybridized carbons (Fsp3) is 0.250. The van der Waals surface area contributed by atoms with E-state index in [4.69, 9.17) is 9.47 Å². The third kappa shape index (κ3) is 7.84. The molecule has 0 aliphatic carbocycles. The van der Waals surface area contributed by atoms with Crippen molar-refractivity contribution in [3.63, 3.8) is 0 Å². The zero-order chi connectivity index (χ0) is 31.0. The first kappa shape index (κ1) is 30.9. The van der Waals surface area contributed by atoms with Crippen LogP contribution >= 0.6 is 0 Å². The molecular formula is C28H30N6O8S. The van der Waals surface area contributed by atoms with Gasteiger partial charge in [-0.15, -0.1) is 0 Å². The summed E-state index contributed by atoms with van der Waals surface area (Å²) in [7, 11) is -2.78. The van der Waals surface area contributed by atoms with Crippen LogP contribution in [0.25, 0.3) is 0 Å². The summed E-state index contributed by atoms with van der Waals surface area (Å²) in [5, 5.41) is 17.9. The molecule has 3 aromatic rings. The fourth-order valence-electron chi connectivity index (χ4n) is 4.29. The van der Waals surface area contributed by atoms with Gasteiger partial charge in [-0.25, -0.2) is 13.8 Å². The molecule has 2 amide bonds. The summed E-state index contributed by atoms with van der Waals surface area (Å²) in [6, 6.07) is 16.0. The average Bonchev–Trinajstić information content (AvgIpc) is 3.00. The molecule has 226 valence electrons. The van der Waals surface area contributed by atoms with E-state index in [2.05, 4.69) is 15.8 Å². The van der Waals surface area contributed by atoms with Gasteiger partial charge in [0.1, 0.15) is 12.3 Å². The minimum atomic E-state index is -4.25. The lowest BCUT2D eigenvalue weighted by molar-refractivity contribution is -0.384. The molecule has 15 heteroatoms. The average molecular weight is 611 g/mol. The van der Waals surface area contributed by atoms with Crippen LogP contribution in [0.15, 0.2) is 76.7 Å². The van der Waals surface area contributed by atoms with Gasteiger partial charge in [0.05, 0.1) is 42.0 Å². The molecule has 0 unspecified atom stereocenters. The number of hydrogen-bond donors (Lipinski definition) is 2. The number of nitrogens with one attached hydrogen (secondary N) is 2. The number of benzene rings is 3. The molecule has 4 rings (SSSR count). The summed E-state index contributed by atoms with van der Waals surface area (Å²) >= 11 is 0. The molecule has 0 spiro atoms. The second kappa shape index (κ2) is 13.8. The van der Waals surface area contributed by atoms with Gasteiger partial charge in [-0.3, -0.25) is 24.0 Å². The van der Waals surface area contributed by atoms with E-state index in [1.807, 2.05) is 4.90 Å². The van der Waals surface area contributed by atoms with Crippen LogP contribution in [-0.4, -0.2) is 71.3 Å². The highest BCUT2D eigenvalue weighted by molar-refractivity contribution is 7.92. The van der Waals surface area contributed by atoms with Crippen molar-refractivity contribution in [2.45, 2.75) is 11.8 Å². The number of amides is 2. The SMILES string of the molecule is COc1ccc(N(CC(=O)N/N=C\c2cc([N+](=O)[O-])ccc2N2CCOCC2)S(=O)(=O)c2ccc(NC(C)=O)cc2)cc1. The lowest BCUT2D eigenvalue weighted by atomic mass is 10.1. The Hall–Kier alpha value is -5.02. The molecule has 1 fully saturated rings. The number of nitro groups is 1. The largest absolute Gasteiger partial charge is 0.497 e. The van der Waals surface area contributed by atoms with E-state index in [9.17, 15) is 28.1 Å². The molecule has 0 atom stereocenters. The molecular weight excluding hydrogens is 580 g/mol. The maximum absolute atomic E-state index is 13.7. The monoisotopic (exact) mass is 610 g/mol. The van der Waals surface area contributed by atoms with Crippen molar-refractivity contribution in [2.24, 2.45) is 5.10 Å². The molecule has 3 aromatic carbocycles. The number of sulfonamides is 1. The van der Waals surface area contributed by atoms with Crippen LogP contribution in [0.2, 0.25) is 0 Å². The van der Waals surface area contributed by atoms with Gasteiger partial charge in [-0.2, -0.15) is 5.10 Å². The number of hydrazone groups is 1. The van der Waals surface area contributed by atoms with E-state index < -0.39 is 27.4 Å². The third-order valence-corrected chi connectivity index (χ3v) is 8.16. The molecule has 1 saturated heterocycles. The van der Waals surface area contributed by atoms with Gasteiger partial charge in [0.15, 0.2) is 0 Å². The first-order valence-corrected chi connectivity index (χ1v) is 14.5. The van der Waals surface area contributed by atoms with Gasteiger partial charge in [0, 0.05) is 49.1 Å². The van der Waals surface area contributed by atoms with Gasteiger partial charge < -0.3 is 19.7 Å². The second-order valence-corrected chi connectivity index (χ2v) is 11.2. The van der Waals surface area contributed by atoms with Gasteiger partial charge in [0.2, 0.25) is 5.91 Å². The van der Waals surface area contributed by atoms with Crippen molar-refractivity contribution < 1.29 is 32.4 Å². The van der Waals surface area contributed by atoms with E-state index in [1.165, 1.54) is 68.8 Å². The summed E-state index contributed by atoms with van der Waals surface area (Å²) < 4.78 is 38.8. The number of non-ortho nitro benzene ring substituents is 1. The van der Waals surface area contributed by atoms with Crippen LogP contribution in [0.1, 0.15) is 12.5 Å². The van der Waals surface area contributed by atoms with Crippen molar-refractivity contribution in [1.29, 1.82) is 0 Å². The number of morpholine rings is 1. The Bertz CT molecular complexity index is 1610. The minimum absolute atomic E-state index is 0.111. The Morgan fingerprint density at radius 3 is 2.37 bits per heavy atom. The molecule has 0 bridgehead atoms. The molecule has 14 nitrogen and oxygen atoms in total. The van der Waals surface area contributed by atoms with Crippen molar-refractivity contribution >= 4 is 50.8 Å². The van der Waals surface area contributed by atoms with Crippen molar-refractivity contribution in [3.8, 4) is 5.75 Å². The Morgan fingerprint density at radius 2 is 1.77 bits per heavy atom. The molecule has 1 aliphatic rings. The van der Waals surface area contributed by atoms with Crippen LogP contribution < -0.4 is 24.7 Å². The molecule has 1 aliphatic heterocycles. The molecule has 0 radical (unpaired) electrons. The van der Waals surface area contributed by atoms with Crippen molar-refractivity contribution in [3.05, 3.63) is 82.4 Å². The fourth-order valence-corrected chi connectivity index (χ4v) is 5.72. The van der Waals surface area contributed by atoms with Crippen molar-refractivity contribution in [1.82, 2.24) is 5.43 Å². The highest BCUT2D eigenvalue weighted by Gasteiger charge is 2.27. The maximum Gasteiger partial charge on any atom is 0.270 e. The quantitative estimate of drug-likeness (QED) is 0.188. The predicted molar refractivity (Wildman–Crippen MR) is 160 cm³/mol. The number of anilines is 3. The van der Waals surface area contributed by atoms with Crippen LogP contribution in [0, 0.1) is 10.1 Å². The standard InChI is InChI=1S/C28H30N6O8S/c1-20(35)30-22-3-10-26(11-4-22)43(39,40)33(23-5-8-25(41-2)9-6-23)19-28(36)31-29-18-21-17-24(34(37)38)7-12-27(21)32-13-15-42-16-14-32/h3-12,17-18H,13-16,19H2,1-2H3,(H,30,35)(H,31,36)/b29-18-. The van der Waals surface area contributed by atoms with Gasteiger partial charge in [-0.05, 0) is 54.6 Å². The number of hydrogen-bond acceptors (Lipinski definition) is 10. The summed E-state index contributed by atoms with van der Waals surface area (Å²) in [5.74, 6) is -0.582. The summed E-state index contributed by atoms with van der Waals surface area (Å²) in [4.78, 5) is 37.1. The number of nitro benzene ring substituents is 1. The highest BCUT2D eigenvalue weighted by Crippen LogP contribution is 2.27. The lowest BCUT2D eigenvalue weighted by Gasteiger charge is -2.29. The van der Waals surface area contributed by atoms with Gasteiger partial charge >= 0.3 is 0 Å². The smallest absolute Gasteiger partial charge is 0.270 e. The molecule has 0 saturated carbocycles.